The van der Waals surface area contributed by atoms with Gasteiger partial charge < -0.3 is 0 Å². The summed E-state index contributed by atoms with van der Waals surface area (Å²) in [4.78, 5) is 18.7. The van der Waals surface area contributed by atoms with Crippen molar-refractivity contribution in [2.24, 2.45) is 5.18 Å². The molecule has 0 unspecified atom stereocenters. The molecule has 0 atom stereocenters. The SMILES string of the molecule is O=NCC(=O)C(F)(F)F. The molecule has 0 aliphatic carbocycles. The van der Waals surface area contributed by atoms with E-state index in [0.717, 1.165) is 0 Å². The highest BCUT2D eigenvalue weighted by Crippen LogP contribution is 2.15. The smallest absolute Gasteiger partial charge is 0.287 e. The van der Waals surface area contributed by atoms with Crippen LogP contribution in [0.4, 0.5) is 13.2 Å². The summed E-state index contributed by atoms with van der Waals surface area (Å²) in [7, 11) is 0. The molecule has 0 bridgehead atoms. The van der Waals surface area contributed by atoms with Crippen LogP contribution in [0.5, 0.6) is 0 Å². The van der Waals surface area contributed by atoms with Gasteiger partial charge in [-0.1, -0.05) is 5.18 Å². The van der Waals surface area contributed by atoms with E-state index in [1.165, 1.54) is 0 Å². The maximum atomic E-state index is 11.1. The topological polar surface area (TPSA) is 46.5 Å². The Morgan fingerprint density at radius 3 is 2.00 bits per heavy atom. The maximum Gasteiger partial charge on any atom is 0.452 e. The molecule has 0 saturated carbocycles. The maximum absolute atomic E-state index is 11.1. The fourth-order valence-corrected chi connectivity index (χ4v) is 0.148. The highest BCUT2D eigenvalue weighted by molar-refractivity contribution is 5.85. The van der Waals surface area contributed by atoms with Crippen molar-refractivity contribution in [3.05, 3.63) is 4.91 Å². The number of nitroso groups, excluding NO2 is 1. The largest absolute Gasteiger partial charge is 0.452 e. The molecule has 0 aromatic carbocycles. The van der Waals surface area contributed by atoms with Gasteiger partial charge in [0.2, 0.25) is 0 Å². The Balaban J connectivity index is 3.88. The molecule has 0 saturated heterocycles. The molecule has 6 heteroatoms. The van der Waals surface area contributed by atoms with Crippen LogP contribution in [0.3, 0.4) is 0 Å². The third-order valence-corrected chi connectivity index (χ3v) is 0.524. The van der Waals surface area contributed by atoms with Gasteiger partial charge in [0.15, 0.2) is 0 Å². The van der Waals surface area contributed by atoms with Crippen molar-refractivity contribution in [3.63, 3.8) is 0 Å². The minimum absolute atomic E-state index is 1.33. The van der Waals surface area contributed by atoms with Crippen LogP contribution in [-0.4, -0.2) is 18.5 Å². The number of carbonyl (C=O) groups is 1. The van der Waals surface area contributed by atoms with Crippen LogP contribution in [0.25, 0.3) is 0 Å². The zero-order valence-corrected chi connectivity index (χ0v) is 4.10. The van der Waals surface area contributed by atoms with E-state index in [1.807, 2.05) is 0 Å². The summed E-state index contributed by atoms with van der Waals surface area (Å²) in [5, 5.41) is 1.78. The van der Waals surface area contributed by atoms with E-state index in [4.69, 9.17) is 4.91 Å². The number of hydrogen-bond donors (Lipinski definition) is 0. The Morgan fingerprint density at radius 2 is 1.89 bits per heavy atom. The molecule has 0 aliphatic rings. The number of ketones is 1. The van der Waals surface area contributed by atoms with Crippen LogP contribution >= 0.6 is 0 Å². The Kier molecular flexibility index (Phi) is 2.29. The minimum Gasteiger partial charge on any atom is -0.287 e. The number of nitrogens with zero attached hydrogens (tertiary/aromatic N) is 1. The second kappa shape index (κ2) is 2.56. The van der Waals surface area contributed by atoms with Crippen LogP contribution in [0, 0.1) is 4.91 Å². The van der Waals surface area contributed by atoms with Gasteiger partial charge in [-0.2, -0.15) is 18.1 Å². The van der Waals surface area contributed by atoms with E-state index in [1.54, 1.807) is 5.18 Å². The minimum atomic E-state index is -4.92. The quantitative estimate of drug-likeness (QED) is 0.536. The van der Waals surface area contributed by atoms with E-state index in [9.17, 15) is 18.0 Å². The molecule has 52 valence electrons. The first-order valence-electron chi connectivity index (χ1n) is 1.87. The predicted molar refractivity (Wildman–Crippen MR) is 21.7 cm³/mol. The Hall–Kier alpha value is -0.940. The van der Waals surface area contributed by atoms with E-state index in [0.29, 0.717) is 0 Å². The highest BCUT2D eigenvalue weighted by atomic mass is 19.4. The monoisotopic (exact) mass is 141 g/mol. The Bertz CT molecular complexity index is 130. The number of rotatable bonds is 2. The molecule has 0 spiro atoms. The van der Waals surface area contributed by atoms with Crippen LogP contribution < -0.4 is 0 Å². The van der Waals surface area contributed by atoms with Crippen molar-refractivity contribution in [1.82, 2.24) is 0 Å². The lowest BCUT2D eigenvalue weighted by molar-refractivity contribution is -0.169. The Labute approximate surface area is 47.8 Å². The predicted octanol–water partition coefficient (Wildman–Crippen LogP) is 0.884. The van der Waals surface area contributed by atoms with Gasteiger partial charge in [-0.3, -0.25) is 4.79 Å². The summed E-state index contributed by atoms with van der Waals surface area (Å²) in [5.74, 6) is -2.11. The Morgan fingerprint density at radius 1 is 1.44 bits per heavy atom. The highest BCUT2D eigenvalue weighted by Gasteiger charge is 2.37. The van der Waals surface area contributed by atoms with Gasteiger partial charge in [-0.25, -0.2) is 0 Å². The van der Waals surface area contributed by atoms with Crippen molar-refractivity contribution in [2.75, 3.05) is 6.54 Å². The number of Topliss-reactive ketones (excluding diaryl/α,β-unsaturated/α-hetero) is 1. The van der Waals surface area contributed by atoms with E-state index in [-0.39, 0.29) is 0 Å². The van der Waals surface area contributed by atoms with Gasteiger partial charge in [0.1, 0.15) is 6.54 Å². The summed E-state index contributed by atoms with van der Waals surface area (Å²) in [5.41, 5.74) is 0. The zero-order chi connectivity index (χ0) is 7.49. The molecular formula is C3H2F3NO2. The van der Waals surface area contributed by atoms with Gasteiger partial charge in [0.25, 0.3) is 5.78 Å². The average molecular weight is 141 g/mol. The van der Waals surface area contributed by atoms with Crippen molar-refractivity contribution in [2.45, 2.75) is 6.18 Å². The summed E-state index contributed by atoms with van der Waals surface area (Å²) in [6.07, 6.45) is -4.92. The summed E-state index contributed by atoms with van der Waals surface area (Å²) >= 11 is 0. The first-order valence-corrected chi connectivity index (χ1v) is 1.87. The number of carbonyl (C=O) groups excluding carboxylic acids is 1. The third-order valence-electron chi connectivity index (χ3n) is 0.524. The molecule has 3 nitrogen and oxygen atoms in total. The molecule has 0 amide bonds. The fourth-order valence-electron chi connectivity index (χ4n) is 0.148. The first-order chi connectivity index (χ1) is 3.98. The summed E-state index contributed by atoms with van der Waals surface area (Å²) in [6.45, 7) is -1.33. The second-order valence-electron chi connectivity index (χ2n) is 1.21. The molecule has 0 aromatic heterocycles. The van der Waals surface area contributed by atoms with Crippen molar-refractivity contribution < 1.29 is 18.0 Å². The number of alkyl halides is 3. The van der Waals surface area contributed by atoms with E-state index in [2.05, 4.69) is 0 Å². The van der Waals surface area contributed by atoms with E-state index < -0.39 is 18.5 Å². The lowest BCUT2D eigenvalue weighted by atomic mass is 10.4. The average Bonchev–Trinajstić information content (AvgIpc) is 1.64. The van der Waals surface area contributed by atoms with E-state index >= 15 is 0 Å². The molecule has 0 fully saturated rings. The molecule has 9 heavy (non-hydrogen) atoms. The van der Waals surface area contributed by atoms with Crippen LogP contribution in [0.15, 0.2) is 5.18 Å². The molecule has 0 radical (unpaired) electrons. The second-order valence-corrected chi connectivity index (χ2v) is 1.21. The standard InChI is InChI=1S/C3H2F3NO2/c4-3(5,6)2(8)1-7-9/h1H2. The lowest BCUT2D eigenvalue weighted by Crippen LogP contribution is -2.24. The summed E-state index contributed by atoms with van der Waals surface area (Å²) in [6, 6.07) is 0. The number of halogens is 3. The van der Waals surface area contributed by atoms with Gasteiger partial charge in [-0.05, 0) is 0 Å². The molecular weight excluding hydrogens is 139 g/mol. The normalized spacial score (nSPS) is 11.0. The van der Waals surface area contributed by atoms with Crippen molar-refractivity contribution in [1.29, 1.82) is 0 Å². The molecule has 0 rings (SSSR count). The van der Waals surface area contributed by atoms with Gasteiger partial charge in [0, 0.05) is 0 Å². The molecule has 0 aliphatic heterocycles. The lowest BCUT2D eigenvalue weighted by Gasteiger charge is -1.98. The molecule has 0 aromatic rings. The van der Waals surface area contributed by atoms with Gasteiger partial charge in [-0.15, -0.1) is 0 Å². The van der Waals surface area contributed by atoms with Gasteiger partial charge in [0.05, 0.1) is 0 Å². The van der Waals surface area contributed by atoms with Gasteiger partial charge >= 0.3 is 6.18 Å². The van der Waals surface area contributed by atoms with Crippen LogP contribution in [-0.2, 0) is 4.79 Å². The zero-order valence-electron chi connectivity index (χ0n) is 4.10. The van der Waals surface area contributed by atoms with Crippen LogP contribution in [0.1, 0.15) is 0 Å². The number of hydrogen-bond acceptors (Lipinski definition) is 3. The van der Waals surface area contributed by atoms with Crippen molar-refractivity contribution >= 4 is 5.78 Å². The third kappa shape index (κ3) is 2.78. The summed E-state index contributed by atoms with van der Waals surface area (Å²) < 4.78 is 33.3. The molecule has 0 heterocycles. The first kappa shape index (κ1) is 8.06. The van der Waals surface area contributed by atoms with Crippen LogP contribution in [0.2, 0.25) is 0 Å². The molecule has 0 N–H and O–H groups in total. The van der Waals surface area contributed by atoms with Crippen molar-refractivity contribution in [3.8, 4) is 0 Å². The fraction of sp³-hybridized carbons (Fsp3) is 0.667.